The molecule has 0 saturated heterocycles. The second-order valence-electron chi connectivity index (χ2n) is 3.11. The van der Waals surface area contributed by atoms with Gasteiger partial charge in [-0.25, -0.2) is 0 Å². The lowest BCUT2D eigenvalue weighted by atomic mass is 10.4. The lowest BCUT2D eigenvalue weighted by molar-refractivity contribution is -0.121. The first-order valence-corrected chi connectivity index (χ1v) is 5.62. The third kappa shape index (κ3) is 4.20. The summed E-state index contributed by atoms with van der Waals surface area (Å²) in [5.74, 6) is -0.290. The molecule has 0 fully saturated rings. The van der Waals surface area contributed by atoms with Gasteiger partial charge >= 0.3 is 0 Å². The number of aromatic nitrogens is 1. The van der Waals surface area contributed by atoms with Crippen molar-refractivity contribution in [1.82, 2.24) is 9.88 Å². The van der Waals surface area contributed by atoms with E-state index < -0.39 is 0 Å². The molecule has 0 atom stereocenters. The van der Waals surface area contributed by atoms with Crippen LogP contribution in [0.2, 0.25) is 0 Å². The fraction of sp³-hybridized carbons (Fsp3) is 0.200. The predicted octanol–water partition coefficient (Wildman–Crippen LogP) is 1.48. The topological polar surface area (TPSA) is 51.1 Å². The molecule has 1 amide bonds. The third-order valence-corrected chi connectivity index (χ3v) is 2.34. The van der Waals surface area contributed by atoms with E-state index in [1.165, 1.54) is 10.6 Å². The van der Waals surface area contributed by atoms with E-state index in [0.717, 1.165) is 4.47 Å². The molecule has 1 rings (SSSR count). The van der Waals surface area contributed by atoms with E-state index in [4.69, 9.17) is 11.6 Å². The summed E-state index contributed by atoms with van der Waals surface area (Å²) in [6.07, 6.45) is 1.55. The van der Waals surface area contributed by atoms with Gasteiger partial charge in [0.15, 0.2) is 0 Å². The first-order chi connectivity index (χ1) is 7.49. The molecule has 0 aliphatic rings. The van der Waals surface area contributed by atoms with Gasteiger partial charge in [-0.2, -0.15) is 0 Å². The minimum absolute atomic E-state index is 0.0392. The summed E-state index contributed by atoms with van der Waals surface area (Å²) >= 11 is 8.72. The molecule has 16 heavy (non-hydrogen) atoms. The second-order valence-corrected chi connectivity index (χ2v) is 4.56. The maximum absolute atomic E-state index is 11.4. The first kappa shape index (κ1) is 13.0. The maximum Gasteiger partial charge on any atom is 0.251 e. The number of nitrogens with one attached hydrogen (secondary N) is 1. The van der Waals surface area contributed by atoms with Crippen molar-refractivity contribution in [3.05, 3.63) is 44.8 Å². The van der Waals surface area contributed by atoms with E-state index in [1.54, 1.807) is 12.3 Å². The quantitative estimate of drug-likeness (QED) is 0.916. The SMILES string of the molecule is C=C(Cl)CNC(=O)Cn1cc(Br)ccc1=O. The van der Waals surface area contributed by atoms with Crippen LogP contribution in [-0.4, -0.2) is 17.0 Å². The Morgan fingerprint density at radius 2 is 2.25 bits per heavy atom. The normalized spacial score (nSPS) is 9.88. The highest BCUT2D eigenvalue weighted by Crippen LogP contribution is 2.04. The van der Waals surface area contributed by atoms with Gasteiger partial charge in [-0.1, -0.05) is 18.2 Å². The Morgan fingerprint density at radius 3 is 2.88 bits per heavy atom. The zero-order valence-corrected chi connectivity index (χ0v) is 10.7. The average molecular weight is 306 g/mol. The Bertz CT molecular complexity index is 470. The molecule has 0 aliphatic carbocycles. The average Bonchev–Trinajstić information content (AvgIpc) is 2.20. The molecule has 86 valence electrons. The molecule has 4 nitrogen and oxygen atoms in total. The minimum Gasteiger partial charge on any atom is -0.350 e. The van der Waals surface area contributed by atoms with Crippen LogP contribution < -0.4 is 10.9 Å². The highest BCUT2D eigenvalue weighted by atomic mass is 79.9. The molecule has 1 aromatic rings. The highest BCUT2D eigenvalue weighted by molar-refractivity contribution is 9.10. The zero-order chi connectivity index (χ0) is 12.1. The van der Waals surface area contributed by atoms with Crippen LogP contribution in [0.3, 0.4) is 0 Å². The van der Waals surface area contributed by atoms with Crippen LogP contribution in [0, 0.1) is 0 Å². The standard InChI is InChI=1S/C10H10BrClN2O2/c1-7(12)4-13-9(15)6-14-5-8(11)2-3-10(14)16/h2-3,5H,1,4,6H2,(H,13,15). The molecule has 1 aromatic heterocycles. The van der Waals surface area contributed by atoms with Gasteiger partial charge in [-0.3, -0.25) is 9.59 Å². The summed E-state index contributed by atoms with van der Waals surface area (Å²) in [5, 5.41) is 2.87. The van der Waals surface area contributed by atoms with Crippen LogP contribution in [0.4, 0.5) is 0 Å². The van der Waals surface area contributed by atoms with Gasteiger partial charge < -0.3 is 9.88 Å². The van der Waals surface area contributed by atoms with Gasteiger partial charge in [-0.05, 0) is 22.0 Å². The molecule has 0 bridgehead atoms. The summed E-state index contributed by atoms with van der Waals surface area (Å²) in [6.45, 7) is 3.60. The predicted molar refractivity (Wildman–Crippen MR) is 66.4 cm³/mol. The molecular formula is C10H10BrClN2O2. The number of hydrogen-bond donors (Lipinski definition) is 1. The molecular weight excluding hydrogens is 295 g/mol. The van der Waals surface area contributed by atoms with Gasteiger partial charge in [0.05, 0.1) is 6.54 Å². The molecule has 6 heteroatoms. The number of hydrogen-bond acceptors (Lipinski definition) is 2. The Hall–Kier alpha value is -1.07. The molecule has 0 aromatic carbocycles. The largest absolute Gasteiger partial charge is 0.350 e. The molecule has 0 radical (unpaired) electrons. The van der Waals surface area contributed by atoms with Gasteiger partial charge in [0.1, 0.15) is 6.54 Å². The molecule has 1 heterocycles. The van der Waals surface area contributed by atoms with Crippen molar-refractivity contribution in [2.75, 3.05) is 6.54 Å². The summed E-state index contributed by atoms with van der Waals surface area (Å²) in [6, 6.07) is 3.01. The van der Waals surface area contributed by atoms with Crippen molar-refractivity contribution in [2.24, 2.45) is 0 Å². The minimum atomic E-state index is -0.290. The van der Waals surface area contributed by atoms with Crippen LogP contribution >= 0.6 is 27.5 Å². The lowest BCUT2D eigenvalue weighted by Crippen LogP contribution is -2.32. The highest BCUT2D eigenvalue weighted by Gasteiger charge is 2.04. The monoisotopic (exact) mass is 304 g/mol. The number of pyridine rings is 1. The molecule has 0 aliphatic heterocycles. The van der Waals surface area contributed by atoms with Crippen LogP contribution in [-0.2, 0) is 11.3 Å². The molecule has 0 saturated carbocycles. The van der Waals surface area contributed by atoms with Crippen molar-refractivity contribution < 1.29 is 4.79 Å². The van der Waals surface area contributed by atoms with E-state index in [0.29, 0.717) is 5.03 Å². The summed E-state index contributed by atoms with van der Waals surface area (Å²) < 4.78 is 2.04. The first-order valence-electron chi connectivity index (χ1n) is 4.45. The van der Waals surface area contributed by atoms with Gasteiger partial charge in [0, 0.05) is 21.8 Å². The van der Waals surface area contributed by atoms with E-state index >= 15 is 0 Å². The van der Waals surface area contributed by atoms with E-state index in [2.05, 4.69) is 27.8 Å². The third-order valence-electron chi connectivity index (χ3n) is 1.74. The Balaban J connectivity index is 2.66. The van der Waals surface area contributed by atoms with Crippen molar-refractivity contribution in [3.63, 3.8) is 0 Å². The summed E-state index contributed by atoms with van der Waals surface area (Å²) in [7, 11) is 0. The van der Waals surface area contributed by atoms with Crippen molar-refractivity contribution in [1.29, 1.82) is 0 Å². The molecule has 0 spiro atoms. The summed E-state index contributed by atoms with van der Waals surface area (Å²) in [4.78, 5) is 22.8. The van der Waals surface area contributed by atoms with E-state index in [-0.39, 0.29) is 24.6 Å². The Kier molecular flexibility index (Phi) is 4.76. The number of carbonyl (C=O) groups excluding carboxylic acids is 1. The summed E-state index contributed by atoms with van der Waals surface area (Å²) in [5.41, 5.74) is -0.233. The number of nitrogens with zero attached hydrogens (tertiary/aromatic N) is 1. The zero-order valence-electron chi connectivity index (χ0n) is 8.37. The number of halogens is 2. The van der Waals surface area contributed by atoms with E-state index in [1.807, 2.05) is 0 Å². The van der Waals surface area contributed by atoms with Crippen molar-refractivity contribution >= 4 is 33.4 Å². The lowest BCUT2D eigenvalue weighted by Gasteiger charge is -2.06. The van der Waals surface area contributed by atoms with E-state index in [9.17, 15) is 9.59 Å². The second kappa shape index (κ2) is 5.86. The number of amides is 1. The fourth-order valence-electron chi connectivity index (χ4n) is 1.03. The number of rotatable bonds is 4. The van der Waals surface area contributed by atoms with Crippen molar-refractivity contribution in [2.45, 2.75) is 6.54 Å². The van der Waals surface area contributed by atoms with Gasteiger partial charge in [0.25, 0.3) is 5.56 Å². The molecule has 1 N–H and O–H groups in total. The van der Waals surface area contributed by atoms with Crippen LogP contribution in [0.25, 0.3) is 0 Å². The Labute approximate surface area is 106 Å². The van der Waals surface area contributed by atoms with Crippen LogP contribution in [0.15, 0.2) is 39.2 Å². The smallest absolute Gasteiger partial charge is 0.251 e. The van der Waals surface area contributed by atoms with Crippen LogP contribution in [0.5, 0.6) is 0 Å². The van der Waals surface area contributed by atoms with Gasteiger partial charge in [0.2, 0.25) is 5.91 Å². The number of carbonyl (C=O) groups is 1. The van der Waals surface area contributed by atoms with Crippen LogP contribution in [0.1, 0.15) is 0 Å². The maximum atomic E-state index is 11.4. The fourth-order valence-corrected chi connectivity index (χ4v) is 1.48. The van der Waals surface area contributed by atoms with Gasteiger partial charge in [-0.15, -0.1) is 0 Å². The molecule has 0 unspecified atom stereocenters. The Morgan fingerprint density at radius 1 is 1.56 bits per heavy atom. The van der Waals surface area contributed by atoms with Crippen molar-refractivity contribution in [3.8, 4) is 0 Å².